The van der Waals surface area contributed by atoms with Crippen molar-refractivity contribution in [2.45, 2.75) is 32.9 Å². The van der Waals surface area contributed by atoms with E-state index in [0.29, 0.717) is 17.2 Å². The number of rotatable bonds is 5. The highest BCUT2D eigenvalue weighted by atomic mass is 16.1. The quantitative estimate of drug-likeness (QED) is 0.574. The summed E-state index contributed by atoms with van der Waals surface area (Å²) in [6, 6.07) is 12.6. The third-order valence-corrected chi connectivity index (χ3v) is 4.37. The Morgan fingerprint density at radius 2 is 1.79 bits per heavy atom. The number of carbonyl (C=O) groups is 1. The van der Waals surface area contributed by atoms with Gasteiger partial charge in [0.15, 0.2) is 11.5 Å². The van der Waals surface area contributed by atoms with Crippen LogP contribution in [0.2, 0.25) is 0 Å². The number of nitrogens with zero attached hydrogens (tertiary/aromatic N) is 7. The molecule has 142 valence electrons. The van der Waals surface area contributed by atoms with Gasteiger partial charge in [-0.1, -0.05) is 18.2 Å². The molecule has 1 N–H and O–H groups in total. The number of pyridine rings is 1. The predicted octanol–water partition coefficient (Wildman–Crippen LogP) is 2.45. The van der Waals surface area contributed by atoms with Gasteiger partial charge in [-0.2, -0.15) is 4.80 Å². The molecule has 28 heavy (non-hydrogen) atoms. The average Bonchev–Trinajstić information content (AvgIpc) is 3.35. The Morgan fingerprint density at radius 1 is 1.00 bits per heavy atom. The van der Waals surface area contributed by atoms with Gasteiger partial charge in [-0.3, -0.25) is 9.20 Å². The molecule has 9 heteroatoms. The molecule has 1 aromatic carbocycles. The van der Waals surface area contributed by atoms with Gasteiger partial charge in [0, 0.05) is 17.3 Å². The molecule has 0 bridgehead atoms. The zero-order valence-electron chi connectivity index (χ0n) is 15.8. The van der Waals surface area contributed by atoms with Crippen molar-refractivity contribution in [3.05, 3.63) is 60.0 Å². The number of nitrogens with one attached hydrogen (secondary N) is 1. The number of carbonyl (C=O) groups excluding carboxylic acids is 1. The molecule has 0 aliphatic rings. The molecule has 4 rings (SSSR count). The lowest BCUT2D eigenvalue weighted by molar-refractivity contribution is 0.0938. The van der Waals surface area contributed by atoms with E-state index in [0.717, 1.165) is 11.2 Å². The van der Waals surface area contributed by atoms with Crippen molar-refractivity contribution in [3.63, 3.8) is 0 Å². The topological polar surface area (TPSA) is 103 Å². The van der Waals surface area contributed by atoms with Crippen molar-refractivity contribution in [3.8, 4) is 11.4 Å². The first-order valence-electron chi connectivity index (χ1n) is 9.03. The van der Waals surface area contributed by atoms with Crippen LogP contribution in [0.15, 0.2) is 48.7 Å². The van der Waals surface area contributed by atoms with Crippen LogP contribution in [0.1, 0.15) is 49.0 Å². The number of aromatic nitrogens is 7. The minimum absolute atomic E-state index is 0.140. The van der Waals surface area contributed by atoms with E-state index in [2.05, 4.69) is 30.9 Å². The summed E-state index contributed by atoms with van der Waals surface area (Å²) >= 11 is 0. The van der Waals surface area contributed by atoms with E-state index >= 15 is 0 Å². The molecule has 1 atom stereocenters. The Labute approximate surface area is 161 Å². The first kappa shape index (κ1) is 17.8. The number of amides is 1. The second-order valence-electron chi connectivity index (χ2n) is 6.79. The fraction of sp³-hybridized carbons (Fsp3) is 0.263. The minimum Gasteiger partial charge on any atom is -0.342 e. The molecule has 0 spiro atoms. The van der Waals surface area contributed by atoms with E-state index in [1.165, 1.54) is 0 Å². The molecule has 9 nitrogen and oxygen atoms in total. The molecule has 1 amide bonds. The summed E-state index contributed by atoms with van der Waals surface area (Å²) in [4.78, 5) is 14.2. The number of fused-ring (bicyclic) bond motifs is 1. The van der Waals surface area contributed by atoms with Gasteiger partial charge in [0.05, 0.1) is 12.1 Å². The second kappa shape index (κ2) is 7.18. The van der Waals surface area contributed by atoms with Gasteiger partial charge in [0.1, 0.15) is 0 Å². The van der Waals surface area contributed by atoms with Crippen LogP contribution < -0.4 is 5.32 Å². The largest absolute Gasteiger partial charge is 0.342 e. The van der Waals surface area contributed by atoms with Crippen LogP contribution >= 0.6 is 0 Å². The van der Waals surface area contributed by atoms with Crippen molar-refractivity contribution in [2.75, 3.05) is 0 Å². The monoisotopic (exact) mass is 376 g/mol. The molecule has 3 aromatic heterocycles. The third kappa shape index (κ3) is 3.34. The SMILES string of the molecule is CC(NC(=O)c1ccc(-c2nnn(C(C)C)n2)cc1)c1nnc2ccccn12. The van der Waals surface area contributed by atoms with Gasteiger partial charge in [0.25, 0.3) is 5.91 Å². The fourth-order valence-electron chi connectivity index (χ4n) is 2.83. The highest BCUT2D eigenvalue weighted by molar-refractivity contribution is 5.94. The summed E-state index contributed by atoms with van der Waals surface area (Å²) < 4.78 is 1.86. The van der Waals surface area contributed by atoms with Crippen molar-refractivity contribution < 1.29 is 4.79 Å². The molecule has 0 radical (unpaired) electrons. The summed E-state index contributed by atoms with van der Waals surface area (Å²) in [7, 11) is 0. The minimum atomic E-state index is -0.294. The van der Waals surface area contributed by atoms with Gasteiger partial charge in [-0.15, -0.1) is 20.4 Å². The highest BCUT2D eigenvalue weighted by Crippen LogP contribution is 2.17. The maximum Gasteiger partial charge on any atom is 0.251 e. The Hall–Kier alpha value is -3.62. The lowest BCUT2D eigenvalue weighted by Gasteiger charge is -2.12. The zero-order chi connectivity index (χ0) is 19.7. The number of hydrogen-bond acceptors (Lipinski definition) is 6. The normalized spacial score (nSPS) is 12.4. The van der Waals surface area contributed by atoms with Gasteiger partial charge in [0.2, 0.25) is 5.82 Å². The van der Waals surface area contributed by atoms with Crippen molar-refractivity contribution in [1.29, 1.82) is 0 Å². The highest BCUT2D eigenvalue weighted by Gasteiger charge is 2.17. The van der Waals surface area contributed by atoms with Crippen molar-refractivity contribution >= 4 is 11.6 Å². The molecule has 3 heterocycles. The first-order valence-corrected chi connectivity index (χ1v) is 9.03. The molecule has 4 aromatic rings. The number of hydrogen-bond donors (Lipinski definition) is 1. The molecule has 1 unspecified atom stereocenters. The zero-order valence-corrected chi connectivity index (χ0v) is 15.8. The lowest BCUT2D eigenvalue weighted by Crippen LogP contribution is -2.27. The Morgan fingerprint density at radius 3 is 2.50 bits per heavy atom. The van der Waals surface area contributed by atoms with Crippen molar-refractivity contribution in [1.82, 2.24) is 40.1 Å². The van der Waals surface area contributed by atoms with Crippen LogP contribution in [0, 0.1) is 0 Å². The van der Waals surface area contributed by atoms with Crippen LogP contribution in [-0.4, -0.2) is 40.7 Å². The van der Waals surface area contributed by atoms with E-state index < -0.39 is 0 Å². The van der Waals surface area contributed by atoms with Gasteiger partial charge in [-0.25, -0.2) is 0 Å². The van der Waals surface area contributed by atoms with Gasteiger partial charge in [-0.05, 0) is 50.3 Å². The van der Waals surface area contributed by atoms with Gasteiger partial charge < -0.3 is 5.32 Å². The standard InChI is InChI=1S/C19H20N8O/c1-12(2)27-24-17(22-25-27)14-7-9-15(10-8-14)19(28)20-13(3)18-23-21-16-6-4-5-11-26(16)18/h4-13H,1-3H3,(H,20,28). The Bertz CT molecular complexity index is 1110. The van der Waals surface area contributed by atoms with Crippen LogP contribution in [0.25, 0.3) is 17.0 Å². The maximum absolute atomic E-state index is 12.6. The molecule has 0 aliphatic carbocycles. The maximum atomic E-state index is 12.6. The van der Waals surface area contributed by atoms with Gasteiger partial charge >= 0.3 is 0 Å². The molecular formula is C19H20N8O. The average molecular weight is 376 g/mol. The van der Waals surface area contributed by atoms with Crippen LogP contribution in [0.3, 0.4) is 0 Å². The van der Waals surface area contributed by atoms with E-state index in [1.54, 1.807) is 16.9 Å². The molecule has 0 saturated heterocycles. The summed E-state index contributed by atoms with van der Waals surface area (Å²) in [5.74, 6) is 1.02. The van der Waals surface area contributed by atoms with E-state index in [-0.39, 0.29) is 18.0 Å². The smallest absolute Gasteiger partial charge is 0.251 e. The van der Waals surface area contributed by atoms with E-state index in [4.69, 9.17) is 0 Å². The van der Waals surface area contributed by atoms with Crippen molar-refractivity contribution in [2.24, 2.45) is 0 Å². The van der Waals surface area contributed by atoms with E-state index in [1.807, 2.05) is 61.7 Å². The number of benzene rings is 1. The molecule has 0 fully saturated rings. The van der Waals surface area contributed by atoms with E-state index in [9.17, 15) is 4.79 Å². The summed E-state index contributed by atoms with van der Waals surface area (Å²) in [6.45, 7) is 5.85. The fourth-order valence-corrected chi connectivity index (χ4v) is 2.83. The Kier molecular flexibility index (Phi) is 4.56. The predicted molar refractivity (Wildman–Crippen MR) is 103 cm³/mol. The third-order valence-electron chi connectivity index (χ3n) is 4.37. The molecule has 0 aliphatic heterocycles. The lowest BCUT2D eigenvalue weighted by atomic mass is 10.1. The summed E-state index contributed by atoms with van der Waals surface area (Å²) in [6.07, 6.45) is 1.87. The van der Waals surface area contributed by atoms with Crippen LogP contribution in [0.5, 0.6) is 0 Å². The first-order chi connectivity index (χ1) is 13.5. The molecule has 0 saturated carbocycles. The van der Waals surface area contributed by atoms with Crippen LogP contribution in [0.4, 0.5) is 0 Å². The number of tetrazole rings is 1. The second-order valence-corrected chi connectivity index (χ2v) is 6.79. The summed E-state index contributed by atoms with van der Waals surface area (Å²) in [5, 5.41) is 23.7. The Balaban J connectivity index is 1.48. The molecular weight excluding hydrogens is 356 g/mol. The summed E-state index contributed by atoms with van der Waals surface area (Å²) in [5.41, 5.74) is 2.09. The van der Waals surface area contributed by atoms with Crippen LogP contribution in [-0.2, 0) is 0 Å².